The van der Waals surface area contributed by atoms with Crippen LogP contribution in [0.4, 0.5) is 11.4 Å². The van der Waals surface area contributed by atoms with Gasteiger partial charge in [0.15, 0.2) is 0 Å². The molecule has 3 aromatic rings. The van der Waals surface area contributed by atoms with Crippen molar-refractivity contribution in [2.24, 2.45) is 0 Å². The smallest absolute Gasteiger partial charge is 0.227 e. The highest BCUT2D eigenvalue weighted by Crippen LogP contribution is 2.33. The lowest BCUT2D eigenvalue weighted by molar-refractivity contribution is 0.538. The van der Waals surface area contributed by atoms with E-state index in [1.54, 1.807) is 11.3 Å². The van der Waals surface area contributed by atoms with Gasteiger partial charge in [0.25, 0.3) is 0 Å². The Morgan fingerprint density at radius 3 is 2.88 bits per heavy atom. The number of hydrogen-bond acceptors (Lipinski definition) is 5. The molecule has 4 nitrogen and oxygen atoms in total. The number of oxazole rings is 1. The molecule has 0 atom stereocenters. The number of aryl methyl sites for hydroxylation is 1. The molecule has 0 bridgehead atoms. The van der Waals surface area contributed by atoms with Gasteiger partial charge in [-0.15, -0.1) is 24.8 Å². The molecule has 134 valence electrons. The second-order valence-corrected chi connectivity index (χ2v) is 6.68. The summed E-state index contributed by atoms with van der Waals surface area (Å²) >= 11 is 1.65. The predicted molar refractivity (Wildman–Crippen MR) is 109 cm³/mol. The van der Waals surface area contributed by atoms with E-state index in [0.29, 0.717) is 5.89 Å². The lowest BCUT2D eigenvalue weighted by Crippen LogP contribution is -2.29. The molecule has 0 aliphatic carbocycles. The van der Waals surface area contributed by atoms with Crippen LogP contribution in [0.3, 0.4) is 0 Å². The summed E-state index contributed by atoms with van der Waals surface area (Å²) in [5.41, 5.74) is 11.6. The summed E-state index contributed by atoms with van der Waals surface area (Å²) in [5.74, 6) is 1.60. The maximum absolute atomic E-state index is 6.14. The van der Waals surface area contributed by atoms with Gasteiger partial charge < -0.3 is 15.1 Å². The Hall–Kier alpha value is -1.69. The molecule has 4 rings (SSSR count). The molecule has 0 radical (unpaired) electrons. The lowest BCUT2D eigenvalue weighted by atomic mass is 9.99. The zero-order valence-electron chi connectivity index (χ0n) is 13.9. The number of nitrogen functional groups attached to an aromatic ring is 1. The van der Waals surface area contributed by atoms with Gasteiger partial charge in [0.05, 0.1) is 6.54 Å². The van der Waals surface area contributed by atoms with Crippen molar-refractivity contribution < 1.29 is 4.42 Å². The highest BCUT2D eigenvalue weighted by atomic mass is 35.5. The Bertz CT molecular complexity index is 833. The molecular formula is C18H21Cl2N3OS. The number of nitrogens with zero attached hydrogens (tertiary/aromatic N) is 2. The molecule has 25 heavy (non-hydrogen) atoms. The largest absolute Gasteiger partial charge is 0.441 e. The van der Waals surface area contributed by atoms with Crippen LogP contribution >= 0.6 is 36.2 Å². The third-order valence-electron chi connectivity index (χ3n) is 4.38. The minimum absolute atomic E-state index is 0. The zero-order chi connectivity index (χ0) is 15.8. The highest BCUT2D eigenvalue weighted by molar-refractivity contribution is 7.08. The van der Waals surface area contributed by atoms with Gasteiger partial charge in [0.1, 0.15) is 11.5 Å². The van der Waals surface area contributed by atoms with E-state index in [-0.39, 0.29) is 24.8 Å². The summed E-state index contributed by atoms with van der Waals surface area (Å²) in [7, 11) is 0. The number of aromatic nitrogens is 1. The van der Waals surface area contributed by atoms with E-state index in [2.05, 4.69) is 16.3 Å². The molecule has 0 amide bonds. The fourth-order valence-corrected chi connectivity index (χ4v) is 3.79. The lowest BCUT2D eigenvalue weighted by Gasteiger charge is -2.31. The Balaban J connectivity index is 0.00000113. The molecule has 7 heteroatoms. The predicted octanol–water partition coefficient (Wildman–Crippen LogP) is 5.09. The van der Waals surface area contributed by atoms with Gasteiger partial charge in [-0.2, -0.15) is 11.3 Å². The fraction of sp³-hybridized carbons (Fsp3) is 0.278. The van der Waals surface area contributed by atoms with E-state index in [1.165, 1.54) is 11.3 Å². The van der Waals surface area contributed by atoms with Crippen LogP contribution in [0.25, 0.3) is 11.5 Å². The first-order chi connectivity index (χ1) is 11.2. The zero-order valence-corrected chi connectivity index (χ0v) is 16.3. The molecule has 1 aromatic carbocycles. The number of benzene rings is 1. The minimum atomic E-state index is 0. The van der Waals surface area contributed by atoms with Crippen molar-refractivity contribution in [3.63, 3.8) is 0 Å². The summed E-state index contributed by atoms with van der Waals surface area (Å²) in [4.78, 5) is 7.07. The van der Waals surface area contributed by atoms with Crippen molar-refractivity contribution in [3.05, 3.63) is 52.0 Å². The van der Waals surface area contributed by atoms with Crippen LogP contribution in [0.5, 0.6) is 0 Å². The minimum Gasteiger partial charge on any atom is -0.441 e. The molecule has 0 fully saturated rings. The van der Waals surface area contributed by atoms with Crippen molar-refractivity contribution in [2.45, 2.75) is 26.3 Å². The van der Waals surface area contributed by atoms with Gasteiger partial charge in [-0.3, -0.25) is 0 Å². The molecule has 2 N–H and O–H groups in total. The van der Waals surface area contributed by atoms with Crippen molar-refractivity contribution in [1.82, 2.24) is 4.98 Å². The van der Waals surface area contributed by atoms with Crippen LogP contribution in [0.15, 0.2) is 39.4 Å². The number of thiophene rings is 1. The molecule has 1 aliphatic heterocycles. The molecule has 1 aliphatic rings. The molecule has 2 aromatic heterocycles. The average Bonchev–Trinajstić information content (AvgIpc) is 3.19. The first kappa shape index (κ1) is 19.6. The van der Waals surface area contributed by atoms with Crippen molar-refractivity contribution in [3.8, 4) is 11.5 Å². The summed E-state index contributed by atoms with van der Waals surface area (Å²) in [6.07, 6.45) is 2.17. The van der Waals surface area contributed by atoms with Crippen LogP contribution in [0.2, 0.25) is 0 Å². The number of halogens is 2. The number of fused-ring (bicyclic) bond motifs is 1. The second-order valence-electron chi connectivity index (χ2n) is 5.90. The van der Waals surface area contributed by atoms with E-state index < -0.39 is 0 Å². The first-order valence-electron chi connectivity index (χ1n) is 7.83. The molecule has 0 saturated heterocycles. The molecular weight excluding hydrogens is 377 g/mol. The van der Waals surface area contributed by atoms with E-state index >= 15 is 0 Å². The summed E-state index contributed by atoms with van der Waals surface area (Å²) in [5, 5.41) is 4.10. The second kappa shape index (κ2) is 8.13. The summed E-state index contributed by atoms with van der Waals surface area (Å²) in [6.45, 7) is 3.77. The van der Waals surface area contributed by atoms with E-state index in [1.807, 2.05) is 30.5 Å². The van der Waals surface area contributed by atoms with Gasteiger partial charge in [-0.25, -0.2) is 4.98 Å². The quantitative estimate of drug-likeness (QED) is 0.625. The monoisotopic (exact) mass is 397 g/mol. The first-order valence-corrected chi connectivity index (χ1v) is 8.78. The van der Waals surface area contributed by atoms with Crippen LogP contribution in [-0.4, -0.2) is 11.5 Å². The molecule has 0 unspecified atom stereocenters. The summed E-state index contributed by atoms with van der Waals surface area (Å²) < 4.78 is 5.86. The third-order valence-corrected chi connectivity index (χ3v) is 5.07. The van der Waals surface area contributed by atoms with Gasteiger partial charge in [-0.1, -0.05) is 6.07 Å². The maximum Gasteiger partial charge on any atom is 0.227 e. The van der Waals surface area contributed by atoms with Gasteiger partial charge in [-0.05, 0) is 48.9 Å². The Kier molecular flexibility index (Phi) is 6.38. The average molecular weight is 398 g/mol. The number of nitrogens with two attached hydrogens (primary N) is 1. The standard InChI is InChI=1S/C18H19N3OS.2ClH/c1-12-16(20-18(22-12)13-7-9-23-11-13)10-21-8-3-4-14-15(19)5-2-6-17(14)21;;/h2,5-7,9,11H,3-4,8,10,19H2,1H3;2*1H. The van der Waals surface area contributed by atoms with Gasteiger partial charge in [0, 0.05) is 28.9 Å². The van der Waals surface area contributed by atoms with Crippen molar-refractivity contribution >= 4 is 47.5 Å². The Morgan fingerprint density at radius 1 is 1.28 bits per heavy atom. The maximum atomic E-state index is 6.14. The van der Waals surface area contributed by atoms with E-state index in [4.69, 9.17) is 15.1 Å². The van der Waals surface area contributed by atoms with Crippen molar-refractivity contribution in [2.75, 3.05) is 17.2 Å². The number of anilines is 2. The van der Waals surface area contributed by atoms with E-state index in [0.717, 1.165) is 48.6 Å². The van der Waals surface area contributed by atoms with Gasteiger partial charge in [0.2, 0.25) is 5.89 Å². The molecule has 0 saturated carbocycles. The molecule has 0 spiro atoms. The Labute approximate surface area is 163 Å². The van der Waals surface area contributed by atoms with Gasteiger partial charge >= 0.3 is 0 Å². The normalized spacial score (nSPS) is 12.9. The van der Waals surface area contributed by atoms with Crippen LogP contribution in [-0.2, 0) is 13.0 Å². The third kappa shape index (κ3) is 3.78. The summed E-state index contributed by atoms with van der Waals surface area (Å²) in [6, 6.07) is 8.20. The van der Waals surface area contributed by atoms with Crippen LogP contribution in [0, 0.1) is 6.92 Å². The molecule has 3 heterocycles. The number of rotatable bonds is 3. The van der Waals surface area contributed by atoms with Crippen LogP contribution in [0.1, 0.15) is 23.4 Å². The SMILES string of the molecule is Cc1oc(-c2ccsc2)nc1CN1CCCc2c(N)cccc21.Cl.Cl. The Morgan fingerprint density at radius 2 is 2.12 bits per heavy atom. The highest BCUT2D eigenvalue weighted by Gasteiger charge is 2.21. The fourth-order valence-electron chi connectivity index (χ4n) is 3.16. The van der Waals surface area contributed by atoms with Crippen LogP contribution < -0.4 is 10.6 Å². The van der Waals surface area contributed by atoms with Crippen molar-refractivity contribution in [1.29, 1.82) is 0 Å². The van der Waals surface area contributed by atoms with E-state index in [9.17, 15) is 0 Å². The number of hydrogen-bond donors (Lipinski definition) is 1. The topological polar surface area (TPSA) is 55.3 Å².